The molecule has 114 valence electrons. The van der Waals surface area contributed by atoms with Crippen LogP contribution in [0.5, 0.6) is 0 Å². The summed E-state index contributed by atoms with van der Waals surface area (Å²) in [6.07, 6.45) is 7.00. The Bertz CT molecular complexity index is 262. The maximum absolute atomic E-state index is 9.06. The molecule has 0 amide bonds. The van der Waals surface area contributed by atoms with Crippen LogP contribution in [0, 0.1) is 11.3 Å². The minimum absolute atomic E-state index is 0.0919. The Hall–Kier alpha value is -0.120. The lowest BCUT2D eigenvalue weighted by atomic mass is 9.76. The van der Waals surface area contributed by atoms with Crippen molar-refractivity contribution in [3.63, 3.8) is 0 Å². The van der Waals surface area contributed by atoms with Crippen molar-refractivity contribution in [3.8, 4) is 0 Å². The summed E-state index contributed by atoms with van der Waals surface area (Å²) in [4.78, 5) is 0. The predicted molar refractivity (Wildman–Crippen MR) is 82.1 cm³/mol. The Morgan fingerprint density at radius 2 is 2.00 bits per heavy atom. The van der Waals surface area contributed by atoms with Gasteiger partial charge in [-0.15, -0.1) is 0 Å². The van der Waals surface area contributed by atoms with Gasteiger partial charge < -0.3 is 16.2 Å². The number of aliphatic hydroxyl groups is 1. The molecule has 0 saturated heterocycles. The largest absolute Gasteiger partial charge is 0.396 e. The molecule has 0 aliphatic heterocycles. The molecule has 1 aliphatic carbocycles. The Balaban J connectivity index is 2.65. The quantitative estimate of drug-likeness (QED) is 0.673. The van der Waals surface area contributed by atoms with Crippen molar-refractivity contribution in [1.82, 2.24) is 5.32 Å². The smallest absolute Gasteiger partial charge is 0.0445 e. The Labute approximate surface area is 119 Å². The molecule has 3 heteroatoms. The molecule has 3 atom stereocenters. The molecule has 0 spiro atoms. The molecular formula is C16H34N2O. The number of nitrogens with one attached hydrogen (secondary N) is 1. The molecule has 0 aromatic heterocycles. The first-order chi connectivity index (χ1) is 8.83. The minimum Gasteiger partial charge on any atom is -0.396 e. The fourth-order valence-corrected chi connectivity index (χ4v) is 3.47. The molecule has 0 radical (unpaired) electrons. The second-order valence-electron chi connectivity index (χ2n) is 7.54. The highest BCUT2D eigenvalue weighted by Crippen LogP contribution is 2.39. The first kappa shape index (κ1) is 16.9. The van der Waals surface area contributed by atoms with Gasteiger partial charge in [-0.3, -0.25) is 0 Å². The van der Waals surface area contributed by atoms with E-state index in [9.17, 15) is 0 Å². The highest BCUT2D eigenvalue weighted by Gasteiger charge is 2.35. The van der Waals surface area contributed by atoms with E-state index in [1.807, 2.05) is 0 Å². The van der Waals surface area contributed by atoms with Crippen molar-refractivity contribution in [2.75, 3.05) is 13.2 Å². The number of aliphatic hydroxyl groups excluding tert-OH is 1. The van der Waals surface area contributed by atoms with Crippen LogP contribution in [0.3, 0.4) is 0 Å². The molecule has 1 rings (SSSR count). The highest BCUT2D eigenvalue weighted by molar-refractivity contribution is 4.95. The highest BCUT2D eigenvalue weighted by atomic mass is 16.3. The van der Waals surface area contributed by atoms with E-state index in [-0.39, 0.29) is 12.1 Å². The summed E-state index contributed by atoms with van der Waals surface area (Å²) < 4.78 is 0. The van der Waals surface area contributed by atoms with Crippen LogP contribution in [0.2, 0.25) is 0 Å². The number of hydrogen-bond donors (Lipinski definition) is 3. The maximum Gasteiger partial charge on any atom is 0.0445 e. The van der Waals surface area contributed by atoms with Crippen LogP contribution in [0.4, 0.5) is 0 Å². The molecule has 3 nitrogen and oxygen atoms in total. The zero-order valence-corrected chi connectivity index (χ0v) is 13.3. The van der Waals surface area contributed by atoms with Crippen molar-refractivity contribution in [3.05, 3.63) is 0 Å². The first-order valence-corrected chi connectivity index (χ1v) is 7.91. The van der Waals surface area contributed by atoms with E-state index >= 15 is 0 Å². The number of rotatable bonds is 5. The van der Waals surface area contributed by atoms with E-state index in [2.05, 4.69) is 33.0 Å². The van der Waals surface area contributed by atoms with Gasteiger partial charge in [-0.25, -0.2) is 0 Å². The zero-order chi connectivity index (χ0) is 14.5. The van der Waals surface area contributed by atoms with Gasteiger partial charge in [0, 0.05) is 24.7 Å². The molecule has 0 heterocycles. The van der Waals surface area contributed by atoms with Crippen molar-refractivity contribution in [2.45, 2.75) is 77.8 Å². The molecule has 4 N–H and O–H groups in total. The summed E-state index contributed by atoms with van der Waals surface area (Å²) in [6.45, 7) is 10.2. The van der Waals surface area contributed by atoms with Gasteiger partial charge in [0.2, 0.25) is 0 Å². The lowest BCUT2D eigenvalue weighted by Gasteiger charge is -2.36. The van der Waals surface area contributed by atoms with Gasteiger partial charge in [0.15, 0.2) is 0 Å². The lowest BCUT2D eigenvalue weighted by molar-refractivity contribution is 0.197. The van der Waals surface area contributed by atoms with Gasteiger partial charge in [-0.05, 0) is 50.4 Å². The van der Waals surface area contributed by atoms with Crippen LogP contribution in [0.15, 0.2) is 0 Å². The van der Waals surface area contributed by atoms with Crippen molar-refractivity contribution >= 4 is 0 Å². The van der Waals surface area contributed by atoms with Crippen LogP contribution in [0.1, 0.15) is 66.2 Å². The van der Waals surface area contributed by atoms with Crippen LogP contribution in [0.25, 0.3) is 0 Å². The molecular weight excluding hydrogens is 236 g/mol. The lowest BCUT2D eigenvalue weighted by Crippen LogP contribution is -2.54. The molecule has 1 fully saturated rings. The molecule has 1 aliphatic rings. The van der Waals surface area contributed by atoms with E-state index in [4.69, 9.17) is 10.8 Å². The summed E-state index contributed by atoms with van der Waals surface area (Å²) in [5.74, 6) is 0.802. The summed E-state index contributed by atoms with van der Waals surface area (Å²) in [5.41, 5.74) is 6.58. The SMILES string of the molecule is CC(CCO)NC1(CN)CCCC(C(C)(C)C)CC1. The summed E-state index contributed by atoms with van der Waals surface area (Å²) >= 11 is 0. The first-order valence-electron chi connectivity index (χ1n) is 7.91. The number of nitrogens with two attached hydrogens (primary N) is 1. The fourth-order valence-electron chi connectivity index (χ4n) is 3.47. The summed E-state index contributed by atoms with van der Waals surface area (Å²) in [5, 5.41) is 12.8. The molecule has 0 aromatic rings. The third-order valence-electron chi connectivity index (χ3n) is 4.91. The van der Waals surface area contributed by atoms with E-state index < -0.39 is 0 Å². The number of hydrogen-bond acceptors (Lipinski definition) is 3. The average molecular weight is 270 g/mol. The van der Waals surface area contributed by atoms with E-state index in [0.29, 0.717) is 18.0 Å². The maximum atomic E-state index is 9.06. The monoisotopic (exact) mass is 270 g/mol. The van der Waals surface area contributed by atoms with Crippen LogP contribution < -0.4 is 11.1 Å². The molecule has 19 heavy (non-hydrogen) atoms. The van der Waals surface area contributed by atoms with Crippen LogP contribution in [-0.4, -0.2) is 29.8 Å². The third kappa shape index (κ3) is 5.05. The molecule has 3 unspecified atom stereocenters. The average Bonchev–Trinajstić information content (AvgIpc) is 2.52. The Morgan fingerprint density at radius 1 is 1.32 bits per heavy atom. The van der Waals surface area contributed by atoms with Crippen LogP contribution >= 0.6 is 0 Å². The van der Waals surface area contributed by atoms with E-state index in [1.54, 1.807) is 0 Å². The van der Waals surface area contributed by atoms with Gasteiger partial charge in [0.25, 0.3) is 0 Å². The predicted octanol–water partition coefficient (Wildman–Crippen LogP) is 2.67. The minimum atomic E-state index is 0.0919. The zero-order valence-electron chi connectivity index (χ0n) is 13.3. The Kier molecular flexibility index (Phi) is 6.28. The van der Waals surface area contributed by atoms with E-state index in [1.165, 1.54) is 32.1 Å². The summed E-state index contributed by atoms with van der Waals surface area (Å²) in [6, 6.07) is 0.347. The standard InChI is InChI=1S/C16H34N2O/c1-13(8-11-19)18-16(12-17)9-5-6-14(7-10-16)15(2,3)4/h13-14,18-19H,5-12,17H2,1-4H3. The van der Waals surface area contributed by atoms with Crippen LogP contribution in [-0.2, 0) is 0 Å². The normalized spacial score (nSPS) is 30.9. The van der Waals surface area contributed by atoms with Gasteiger partial charge in [-0.1, -0.05) is 27.2 Å². The second kappa shape index (κ2) is 7.05. The van der Waals surface area contributed by atoms with Crippen molar-refractivity contribution in [1.29, 1.82) is 0 Å². The third-order valence-corrected chi connectivity index (χ3v) is 4.91. The second-order valence-corrected chi connectivity index (χ2v) is 7.54. The van der Waals surface area contributed by atoms with Gasteiger partial charge in [-0.2, -0.15) is 0 Å². The topological polar surface area (TPSA) is 58.3 Å². The summed E-state index contributed by atoms with van der Waals surface area (Å²) in [7, 11) is 0. The van der Waals surface area contributed by atoms with Gasteiger partial charge >= 0.3 is 0 Å². The fraction of sp³-hybridized carbons (Fsp3) is 1.00. The van der Waals surface area contributed by atoms with E-state index in [0.717, 1.165) is 12.3 Å². The van der Waals surface area contributed by atoms with Gasteiger partial charge in [0.1, 0.15) is 0 Å². The van der Waals surface area contributed by atoms with Crippen molar-refractivity contribution < 1.29 is 5.11 Å². The molecule has 0 bridgehead atoms. The molecule has 1 saturated carbocycles. The van der Waals surface area contributed by atoms with Gasteiger partial charge in [0.05, 0.1) is 0 Å². The van der Waals surface area contributed by atoms with Crippen molar-refractivity contribution in [2.24, 2.45) is 17.1 Å². The molecule has 0 aromatic carbocycles. The Morgan fingerprint density at radius 3 is 2.53 bits per heavy atom.